The second-order valence-electron chi connectivity index (χ2n) is 8.45. The summed E-state index contributed by atoms with van der Waals surface area (Å²) in [6.07, 6.45) is 4.56. The van der Waals surface area contributed by atoms with Crippen molar-refractivity contribution in [1.82, 2.24) is 14.8 Å². The van der Waals surface area contributed by atoms with Crippen molar-refractivity contribution in [2.75, 3.05) is 19.7 Å². The molecular weight excluding hydrogens is 366 g/mol. The van der Waals surface area contributed by atoms with Gasteiger partial charge in [0.05, 0.1) is 18.2 Å². The number of rotatable bonds is 4. The van der Waals surface area contributed by atoms with E-state index in [-0.39, 0.29) is 36.3 Å². The van der Waals surface area contributed by atoms with Crippen LogP contribution in [-0.4, -0.2) is 63.0 Å². The molecule has 1 N–H and O–H groups in total. The molecule has 0 unspecified atom stereocenters. The molecule has 1 aromatic carbocycles. The molecule has 2 saturated heterocycles. The predicted molar refractivity (Wildman–Crippen MR) is 107 cm³/mol. The van der Waals surface area contributed by atoms with E-state index in [0.717, 1.165) is 24.8 Å². The molecule has 0 bridgehead atoms. The number of benzene rings is 1. The van der Waals surface area contributed by atoms with Gasteiger partial charge in [0.1, 0.15) is 5.69 Å². The standard InChI is InChI=1S/C23H25N3O3/c27-13-19-20(16-7-2-1-3-8-16)23(26(19)21(28)17-9-6-10-17)14-25(15-23)22(29)18-11-4-5-12-24-18/h1-5,7-8,11-12,17,19-20,27H,6,9-10,13-15H2/t19-,20+/m1/s1. The first kappa shape index (κ1) is 18.3. The van der Waals surface area contributed by atoms with Crippen molar-refractivity contribution in [3.63, 3.8) is 0 Å². The first-order chi connectivity index (χ1) is 14.2. The molecule has 3 aliphatic rings. The predicted octanol–water partition coefficient (Wildman–Crippen LogP) is 2.06. The highest BCUT2D eigenvalue weighted by Gasteiger charge is 2.68. The number of likely N-dealkylation sites (tertiary alicyclic amines) is 2. The molecule has 29 heavy (non-hydrogen) atoms. The molecule has 2 aromatic rings. The number of carbonyl (C=O) groups excluding carboxylic acids is 2. The van der Waals surface area contributed by atoms with E-state index in [1.165, 1.54) is 0 Å². The number of hydrogen-bond donors (Lipinski definition) is 1. The van der Waals surface area contributed by atoms with Gasteiger partial charge < -0.3 is 14.9 Å². The van der Waals surface area contributed by atoms with Gasteiger partial charge in [-0.15, -0.1) is 0 Å². The highest BCUT2D eigenvalue weighted by atomic mass is 16.3. The smallest absolute Gasteiger partial charge is 0.272 e. The van der Waals surface area contributed by atoms with Crippen molar-refractivity contribution < 1.29 is 14.7 Å². The molecule has 0 radical (unpaired) electrons. The molecule has 3 heterocycles. The maximum absolute atomic E-state index is 13.2. The average molecular weight is 391 g/mol. The van der Waals surface area contributed by atoms with E-state index in [9.17, 15) is 14.7 Å². The fourth-order valence-electron chi connectivity index (χ4n) is 5.28. The molecule has 1 aromatic heterocycles. The number of carbonyl (C=O) groups is 2. The lowest BCUT2D eigenvalue weighted by atomic mass is 9.59. The maximum atomic E-state index is 13.2. The molecule has 1 saturated carbocycles. The van der Waals surface area contributed by atoms with E-state index >= 15 is 0 Å². The van der Waals surface area contributed by atoms with Gasteiger partial charge in [0.25, 0.3) is 5.91 Å². The van der Waals surface area contributed by atoms with Crippen LogP contribution in [0.1, 0.15) is 41.2 Å². The number of pyridine rings is 1. The average Bonchev–Trinajstić information content (AvgIpc) is 2.66. The summed E-state index contributed by atoms with van der Waals surface area (Å²) < 4.78 is 0. The first-order valence-electron chi connectivity index (χ1n) is 10.3. The van der Waals surface area contributed by atoms with Crippen molar-refractivity contribution in [3.05, 3.63) is 66.0 Å². The summed E-state index contributed by atoms with van der Waals surface area (Å²) in [5, 5.41) is 10.1. The van der Waals surface area contributed by atoms with Gasteiger partial charge in [0.15, 0.2) is 0 Å². The van der Waals surface area contributed by atoms with Crippen molar-refractivity contribution in [2.45, 2.75) is 36.8 Å². The third-order valence-electron chi connectivity index (χ3n) is 6.91. The Kier molecular flexibility index (Phi) is 4.39. The number of aliphatic hydroxyl groups is 1. The Labute approximate surface area is 170 Å². The van der Waals surface area contributed by atoms with Crippen LogP contribution >= 0.6 is 0 Å². The molecular formula is C23H25N3O3. The van der Waals surface area contributed by atoms with Gasteiger partial charge in [-0.05, 0) is 30.5 Å². The lowest BCUT2D eigenvalue weighted by Crippen LogP contribution is -2.86. The van der Waals surface area contributed by atoms with Crippen molar-refractivity contribution in [1.29, 1.82) is 0 Å². The van der Waals surface area contributed by atoms with Crippen molar-refractivity contribution >= 4 is 11.8 Å². The van der Waals surface area contributed by atoms with Crippen LogP contribution in [0.3, 0.4) is 0 Å². The van der Waals surface area contributed by atoms with E-state index in [1.54, 1.807) is 29.3 Å². The summed E-state index contributed by atoms with van der Waals surface area (Å²) in [6, 6.07) is 15.2. The number of aliphatic hydroxyl groups excluding tert-OH is 1. The summed E-state index contributed by atoms with van der Waals surface area (Å²) >= 11 is 0. The van der Waals surface area contributed by atoms with Crippen molar-refractivity contribution in [3.8, 4) is 0 Å². The summed E-state index contributed by atoms with van der Waals surface area (Å²) in [4.78, 5) is 33.9. The number of nitrogens with zero attached hydrogens (tertiary/aromatic N) is 3. The van der Waals surface area contributed by atoms with Crippen LogP contribution in [0.2, 0.25) is 0 Å². The SMILES string of the molecule is O=C(c1ccccn1)N1CC2(C1)[C@@H](c1ccccc1)[C@@H](CO)N2C(=O)C1CCC1. The Morgan fingerprint density at radius 3 is 2.38 bits per heavy atom. The van der Waals surface area contributed by atoms with Gasteiger partial charge >= 0.3 is 0 Å². The van der Waals surface area contributed by atoms with Gasteiger partial charge in [0.2, 0.25) is 5.91 Å². The summed E-state index contributed by atoms with van der Waals surface area (Å²) in [6.45, 7) is 0.905. The normalized spacial score (nSPS) is 25.1. The third kappa shape index (κ3) is 2.69. The van der Waals surface area contributed by atoms with E-state index in [4.69, 9.17) is 0 Å². The molecule has 3 fully saturated rings. The van der Waals surface area contributed by atoms with E-state index in [1.807, 2.05) is 23.1 Å². The Morgan fingerprint density at radius 1 is 1.07 bits per heavy atom. The van der Waals surface area contributed by atoms with Crippen LogP contribution in [0.4, 0.5) is 0 Å². The topological polar surface area (TPSA) is 73.7 Å². The second-order valence-corrected chi connectivity index (χ2v) is 8.45. The summed E-state index contributed by atoms with van der Waals surface area (Å²) in [5.74, 6) is 0.141. The van der Waals surface area contributed by atoms with Gasteiger partial charge in [0, 0.05) is 31.1 Å². The van der Waals surface area contributed by atoms with Gasteiger partial charge in [-0.25, -0.2) is 0 Å². The monoisotopic (exact) mass is 391 g/mol. The minimum atomic E-state index is -0.425. The zero-order chi connectivity index (χ0) is 20.0. The number of amides is 2. The van der Waals surface area contributed by atoms with Crippen LogP contribution in [0.25, 0.3) is 0 Å². The lowest BCUT2D eigenvalue weighted by molar-refractivity contribution is -0.199. The molecule has 2 atom stereocenters. The molecule has 150 valence electrons. The third-order valence-corrected chi connectivity index (χ3v) is 6.91. The summed E-state index contributed by atoms with van der Waals surface area (Å²) in [7, 11) is 0. The van der Waals surface area contributed by atoms with E-state index in [2.05, 4.69) is 17.1 Å². The van der Waals surface area contributed by atoms with Crippen LogP contribution in [0, 0.1) is 5.92 Å². The highest BCUT2D eigenvalue weighted by molar-refractivity contribution is 5.93. The fourth-order valence-corrected chi connectivity index (χ4v) is 5.28. The fraction of sp³-hybridized carbons (Fsp3) is 0.435. The Bertz CT molecular complexity index is 907. The number of hydrogen-bond acceptors (Lipinski definition) is 4. The minimum Gasteiger partial charge on any atom is -0.394 e. The highest BCUT2D eigenvalue weighted by Crippen LogP contribution is 2.55. The zero-order valence-electron chi connectivity index (χ0n) is 16.3. The number of aromatic nitrogens is 1. The van der Waals surface area contributed by atoms with Gasteiger partial charge in [-0.2, -0.15) is 0 Å². The van der Waals surface area contributed by atoms with Crippen LogP contribution < -0.4 is 0 Å². The molecule has 6 heteroatoms. The van der Waals surface area contributed by atoms with E-state index < -0.39 is 5.54 Å². The minimum absolute atomic E-state index is 0.0329. The van der Waals surface area contributed by atoms with E-state index in [0.29, 0.717) is 18.8 Å². The Balaban J connectivity index is 1.44. The largest absolute Gasteiger partial charge is 0.394 e. The quantitative estimate of drug-likeness (QED) is 0.866. The molecule has 1 aliphatic carbocycles. The van der Waals surface area contributed by atoms with Gasteiger partial charge in [-0.3, -0.25) is 14.6 Å². The molecule has 2 amide bonds. The Morgan fingerprint density at radius 2 is 1.79 bits per heavy atom. The Hall–Kier alpha value is -2.73. The van der Waals surface area contributed by atoms with Crippen LogP contribution in [-0.2, 0) is 4.79 Å². The summed E-state index contributed by atoms with van der Waals surface area (Å²) in [5.41, 5.74) is 1.12. The van der Waals surface area contributed by atoms with Crippen LogP contribution in [0.15, 0.2) is 54.7 Å². The van der Waals surface area contributed by atoms with Crippen molar-refractivity contribution in [2.24, 2.45) is 5.92 Å². The lowest BCUT2D eigenvalue weighted by Gasteiger charge is -2.71. The molecule has 2 aliphatic heterocycles. The van der Waals surface area contributed by atoms with Crippen LogP contribution in [0.5, 0.6) is 0 Å². The molecule has 6 nitrogen and oxygen atoms in total. The molecule has 1 spiro atoms. The maximum Gasteiger partial charge on any atom is 0.272 e. The first-order valence-corrected chi connectivity index (χ1v) is 10.3. The molecule has 5 rings (SSSR count). The zero-order valence-corrected chi connectivity index (χ0v) is 16.3. The van der Waals surface area contributed by atoms with Gasteiger partial charge in [-0.1, -0.05) is 42.8 Å². The second kappa shape index (κ2) is 6.95.